The Balaban J connectivity index is 1.78. The molecule has 0 radical (unpaired) electrons. The Bertz CT molecular complexity index is 680. The van der Waals surface area contributed by atoms with Crippen LogP contribution in [0.2, 0.25) is 0 Å². The molecular weight excluding hydrogens is 310 g/mol. The summed E-state index contributed by atoms with van der Waals surface area (Å²) in [5.74, 6) is 0.00133. The number of benzene rings is 1. The highest BCUT2D eigenvalue weighted by molar-refractivity contribution is 5.99. The van der Waals surface area contributed by atoms with Crippen LogP contribution in [0.15, 0.2) is 18.2 Å². The van der Waals surface area contributed by atoms with Crippen LogP contribution in [0.4, 0.5) is 5.69 Å². The minimum absolute atomic E-state index is 0.0411. The molecule has 0 saturated carbocycles. The van der Waals surface area contributed by atoms with E-state index in [9.17, 15) is 14.4 Å². The maximum atomic E-state index is 12.7. The average molecular weight is 331 g/mol. The standard InChI is InChI=1S/C17H21N3O4/c1-19-13-10-12(2-3-14(13)24-9-6-15(19)21)17(23)20-7-4-11(5-8-20)16(18)22/h2-3,10-11H,4-9H2,1H3,(H2,18,22). The van der Waals surface area contributed by atoms with Gasteiger partial charge in [-0.25, -0.2) is 0 Å². The molecule has 2 aliphatic heterocycles. The molecule has 0 spiro atoms. The Morgan fingerprint density at radius 3 is 2.62 bits per heavy atom. The number of hydrogen-bond acceptors (Lipinski definition) is 4. The third-order valence-electron chi connectivity index (χ3n) is 4.70. The van der Waals surface area contributed by atoms with Gasteiger partial charge in [-0.3, -0.25) is 14.4 Å². The first-order chi connectivity index (χ1) is 11.5. The van der Waals surface area contributed by atoms with Crippen LogP contribution < -0.4 is 15.4 Å². The lowest BCUT2D eigenvalue weighted by atomic mass is 9.96. The number of likely N-dealkylation sites (tertiary alicyclic amines) is 1. The van der Waals surface area contributed by atoms with E-state index in [-0.39, 0.29) is 23.6 Å². The zero-order valence-corrected chi connectivity index (χ0v) is 13.7. The topological polar surface area (TPSA) is 92.9 Å². The molecule has 128 valence electrons. The largest absolute Gasteiger partial charge is 0.491 e. The molecule has 7 heteroatoms. The van der Waals surface area contributed by atoms with E-state index < -0.39 is 0 Å². The highest BCUT2D eigenvalue weighted by atomic mass is 16.5. The maximum Gasteiger partial charge on any atom is 0.253 e. The molecule has 2 aliphatic rings. The summed E-state index contributed by atoms with van der Waals surface area (Å²) >= 11 is 0. The molecule has 0 unspecified atom stereocenters. The van der Waals surface area contributed by atoms with Crippen molar-refractivity contribution in [2.24, 2.45) is 11.7 Å². The molecule has 24 heavy (non-hydrogen) atoms. The van der Waals surface area contributed by atoms with Crippen molar-refractivity contribution in [1.82, 2.24) is 4.90 Å². The molecule has 0 aromatic heterocycles. The lowest BCUT2D eigenvalue weighted by Gasteiger charge is -2.31. The van der Waals surface area contributed by atoms with Crippen LogP contribution in [-0.2, 0) is 9.59 Å². The number of nitrogens with two attached hydrogens (primary N) is 1. The second kappa shape index (κ2) is 6.51. The molecule has 1 aromatic carbocycles. The highest BCUT2D eigenvalue weighted by Crippen LogP contribution is 2.32. The van der Waals surface area contributed by atoms with Gasteiger partial charge in [0, 0.05) is 31.6 Å². The summed E-state index contributed by atoms with van der Waals surface area (Å²) in [5.41, 5.74) is 6.44. The number of hydrogen-bond donors (Lipinski definition) is 1. The number of rotatable bonds is 2. The van der Waals surface area contributed by atoms with Gasteiger partial charge in [0.25, 0.3) is 5.91 Å². The fourth-order valence-electron chi connectivity index (χ4n) is 3.13. The van der Waals surface area contributed by atoms with Crippen molar-refractivity contribution in [3.8, 4) is 5.75 Å². The Morgan fingerprint density at radius 1 is 1.25 bits per heavy atom. The first kappa shape index (κ1) is 16.3. The first-order valence-electron chi connectivity index (χ1n) is 8.09. The highest BCUT2D eigenvalue weighted by Gasteiger charge is 2.28. The van der Waals surface area contributed by atoms with E-state index in [2.05, 4.69) is 0 Å². The molecule has 7 nitrogen and oxygen atoms in total. The first-order valence-corrected chi connectivity index (χ1v) is 8.09. The molecule has 0 bridgehead atoms. The number of anilines is 1. The molecule has 0 atom stereocenters. The number of ether oxygens (including phenoxy) is 1. The number of carbonyl (C=O) groups is 3. The van der Waals surface area contributed by atoms with Gasteiger partial charge in [-0.1, -0.05) is 0 Å². The van der Waals surface area contributed by atoms with E-state index in [4.69, 9.17) is 10.5 Å². The van der Waals surface area contributed by atoms with Crippen molar-refractivity contribution in [1.29, 1.82) is 0 Å². The van der Waals surface area contributed by atoms with E-state index in [0.29, 0.717) is 56.0 Å². The molecule has 3 amide bonds. The fraction of sp³-hybridized carbons (Fsp3) is 0.471. The molecule has 2 heterocycles. The number of carbonyl (C=O) groups excluding carboxylic acids is 3. The molecule has 1 saturated heterocycles. The summed E-state index contributed by atoms with van der Waals surface area (Å²) < 4.78 is 5.57. The number of primary amides is 1. The minimum atomic E-state index is -0.301. The Morgan fingerprint density at radius 2 is 1.96 bits per heavy atom. The summed E-state index contributed by atoms with van der Waals surface area (Å²) in [5, 5.41) is 0. The number of piperidine rings is 1. The second-order valence-corrected chi connectivity index (χ2v) is 6.20. The zero-order chi connectivity index (χ0) is 17.3. The van der Waals surface area contributed by atoms with Crippen LogP contribution in [-0.4, -0.2) is 49.4 Å². The van der Waals surface area contributed by atoms with Gasteiger partial charge in [0.15, 0.2) is 0 Å². The van der Waals surface area contributed by atoms with Gasteiger partial charge in [-0.15, -0.1) is 0 Å². The number of nitrogens with zero attached hydrogens (tertiary/aromatic N) is 2. The normalized spacial score (nSPS) is 18.6. The van der Waals surface area contributed by atoms with Crippen LogP contribution >= 0.6 is 0 Å². The Kier molecular flexibility index (Phi) is 4.42. The third kappa shape index (κ3) is 3.06. The quantitative estimate of drug-likeness (QED) is 0.866. The third-order valence-corrected chi connectivity index (χ3v) is 4.70. The number of fused-ring (bicyclic) bond motifs is 1. The molecule has 1 aromatic rings. The van der Waals surface area contributed by atoms with Crippen molar-refractivity contribution in [3.05, 3.63) is 23.8 Å². The van der Waals surface area contributed by atoms with Crippen LogP contribution in [0.1, 0.15) is 29.6 Å². The van der Waals surface area contributed by atoms with Crippen molar-refractivity contribution in [2.45, 2.75) is 19.3 Å². The van der Waals surface area contributed by atoms with Gasteiger partial charge in [-0.05, 0) is 31.0 Å². The number of amides is 3. The monoisotopic (exact) mass is 331 g/mol. The minimum Gasteiger partial charge on any atom is -0.491 e. The van der Waals surface area contributed by atoms with Crippen molar-refractivity contribution < 1.29 is 19.1 Å². The van der Waals surface area contributed by atoms with Gasteiger partial charge in [-0.2, -0.15) is 0 Å². The predicted octanol–water partition coefficient (Wildman–Crippen LogP) is 0.769. The van der Waals surface area contributed by atoms with Gasteiger partial charge in [0.05, 0.1) is 18.7 Å². The van der Waals surface area contributed by atoms with Crippen LogP contribution in [0.3, 0.4) is 0 Å². The van der Waals surface area contributed by atoms with Crippen LogP contribution in [0, 0.1) is 5.92 Å². The van der Waals surface area contributed by atoms with Crippen molar-refractivity contribution >= 4 is 23.4 Å². The van der Waals surface area contributed by atoms with Gasteiger partial charge in [0.1, 0.15) is 5.75 Å². The van der Waals surface area contributed by atoms with Crippen LogP contribution in [0.5, 0.6) is 5.75 Å². The molecule has 1 fully saturated rings. The fourth-order valence-corrected chi connectivity index (χ4v) is 3.13. The summed E-state index contributed by atoms with van der Waals surface area (Å²) in [6.07, 6.45) is 1.50. The van der Waals surface area contributed by atoms with E-state index in [1.165, 1.54) is 4.90 Å². The molecular formula is C17H21N3O4. The van der Waals surface area contributed by atoms with E-state index in [1.807, 2.05) is 0 Å². The lowest BCUT2D eigenvalue weighted by molar-refractivity contribution is -0.123. The summed E-state index contributed by atoms with van der Waals surface area (Å²) in [6, 6.07) is 5.14. The van der Waals surface area contributed by atoms with Gasteiger partial charge in [0.2, 0.25) is 11.8 Å². The second-order valence-electron chi connectivity index (χ2n) is 6.20. The van der Waals surface area contributed by atoms with E-state index >= 15 is 0 Å². The Labute approximate surface area is 140 Å². The summed E-state index contributed by atoms with van der Waals surface area (Å²) in [7, 11) is 1.68. The van der Waals surface area contributed by atoms with Crippen LogP contribution in [0.25, 0.3) is 0 Å². The van der Waals surface area contributed by atoms with Crippen molar-refractivity contribution in [3.63, 3.8) is 0 Å². The smallest absolute Gasteiger partial charge is 0.253 e. The maximum absolute atomic E-state index is 12.7. The van der Waals surface area contributed by atoms with E-state index in [1.54, 1.807) is 30.1 Å². The van der Waals surface area contributed by atoms with Crippen molar-refractivity contribution in [2.75, 3.05) is 31.6 Å². The average Bonchev–Trinajstić information content (AvgIpc) is 2.73. The lowest BCUT2D eigenvalue weighted by Crippen LogP contribution is -2.41. The van der Waals surface area contributed by atoms with Gasteiger partial charge < -0.3 is 20.3 Å². The Hall–Kier alpha value is -2.57. The molecule has 0 aliphatic carbocycles. The predicted molar refractivity (Wildman–Crippen MR) is 87.8 cm³/mol. The zero-order valence-electron chi connectivity index (χ0n) is 13.7. The van der Waals surface area contributed by atoms with E-state index in [0.717, 1.165) is 0 Å². The molecule has 3 rings (SSSR count). The molecule has 2 N–H and O–H groups in total. The van der Waals surface area contributed by atoms with Gasteiger partial charge >= 0.3 is 0 Å². The SMILES string of the molecule is CN1C(=O)CCOc2ccc(C(=O)N3CCC(C(N)=O)CC3)cc21. The summed E-state index contributed by atoms with van der Waals surface area (Å²) in [4.78, 5) is 39.1. The summed E-state index contributed by atoms with van der Waals surface area (Å²) in [6.45, 7) is 1.35.